The molecule has 0 unspecified atom stereocenters. The molecule has 218 valence electrons. The zero-order chi connectivity index (χ0) is 30.3. The van der Waals surface area contributed by atoms with Crippen LogP contribution in [0.15, 0.2) is 59.6 Å². The summed E-state index contributed by atoms with van der Waals surface area (Å²) < 4.78 is 36.8. The molecule has 2 rings (SSSR count). The molecule has 2 atom stereocenters. The Balaban J connectivity index is 0.00000101. The maximum atomic E-state index is 13.0. The van der Waals surface area contributed by atoms with Gasteiger partial charge in [-0.25, -0.2) is 4.79 Å². The van der Waals surface area contributed by atoms with Crippen LogP contribution in [-0.2, 0) is 20.8 Å². The van der Waals surface area contributed by atoms with E-state index >= 15 is 0 Å². The van der Waals surface area contributed by atoms with Crippen molar-refractivity contribution in [1.82, 2.24) is 10.6 Å². The van der Waals surface area contributed by atoms with Gasteiger partial charge in [-0.1, -0.05) is 30.3 Å². The number of benzene rings is 2. The van der Waals surface area contributed by atoms with E-state index in [-0.39, 0.29) is 25.3 Å². The van der Waals surface area contributed by atoms with Gasteiger partial charge in [0.25, 0.3) is 5.91 Å². The van der Waals surface area contributed by atoms with Gasteiger partial charge in [0.05, 0.1) is 7.11 Å². The minimum absolute atomic E-state index is 0.0603. The lowest BCUT2D eigenvalue weighted by Crippen LogP contribution is -2.53. The van der Waals surface area contributed by atoms with Crippen molar-refractivity contribution in [1.29, 1.82) is 0 Å². The van der Waals surface area contributed by atoms with Crippen molar-refractivity contribution in [3.63, 3.8) is 0 Å². The van der Waals surface area contributed by atoms with Gasteiger partial charge >= 0.3 is 12.1 Å². The number of hydrogen-bond donors (Lipinski definition) is 6. The van der Waals surface area contributed by atoms with Crippen molar-refractivity contribution in [3.8, 4) is 5.75 Å². The van der Waals surface area contributed by atoms with E-state index in [1.54, 1.807) is 24.3 Å². The predicted molar refractivity (Wildman–Crippen MR) is 139 cm³/mol. The van der Waals surface area contributed by atoms with Crippen molar-refractivity contribution in [2.24, 2.45) is 22.2 Å². The molecule has 0 aliphatic carbocycles. The van der Waals surface area contributed by atoms with Crippen molar-refractivity contribution in [2.45, 2.75) is 37.5 Å². The number of carboxylic acid groups (broad SMARTS) is 1. The lowest BCUT2D eigenvalue weighted by atomic mass is 10.0. The Hall–Kier alpha value is -4.82. The van der Waals surface area contributed by atoms with Gasteiger partial charge in [-0.2, -0.15) is 13.2 Å². The number of aliphatic carboxylic acids is 1. The molecular weight excluding hydrogens is 537 g/mol. The van der Waals surface area contributed by atoms with E-state index in [1.165, 1.54) is 7.11 Å². The second-order valence-electron chi connectivity index (χ2n) is 8.16. The Morgan fingerprint density at radius 1 is 0.950 bits per heavy atom. The molecule has 0 aliphatic rings. The summed E-state index contributed by atoms with van der Waals surface area (Å²) in [5, 5.41) is 12.5. The molecule has 2 aromatic rings. The van der Waals surface area contributed by atoms with Gasteiger partial charge in [0.1, 0.15) is 17.8 Å². The summed E-state index contributed by atoms with van der Waals surface area (Å²) in [6.07, 6.45) is -4.17. The first kappa shape index (κ1) is 33.2. The number of carbonyl (C=O) groups is 4. The summed E-state index contributed by atoms with van der Waals surface area (Å²) in [5.74, 6) is -3.86. The molecule has 40 heavy (non-hydrogen) atoms. The van der Waals surface area contributed by atoms with Crippen LogP contribution in [0.1, 0.15) is 28.8 Å². The van der Waals surface area contributed by atoms with Gasteiger partial charge in [-0.15, -0.1) is 0 Å². The van der Waals surface area contributed by atoms with Gasteiger partial charge in [0.15, 0.2) is 5.96 Å². The summed E-state index contributed by atoms with van der Waals surface area (Å²) in [6.45, 7) is 0.285. The summed E-state index contributed by atoms with van der Waals surface area (Å²) in [5.41, 5.74) is 17.4. The molecule has 0 aromatic heterocycles. The first-order valence-electron chi connectivity index (χ1n) is 11.7. The van der Waals surface area contributed by atoms with Gasteiger partial charge in [0.2, 0.25) is 11.8 Å². The van der Waals surface area contributed by atoms with E-state index in [4.69, 9.17) is 31.8 Å². The lowest BCUT2D eigenvalue weighted by Gasteiger charge is -2.22. The summed E-state index contributed by atoms with van der Waals surface area (Å²) in [4.78, 5) is 50.5. The second kappa shape index (κ2) is 16.2. The topological polar surface area (TPSA) is 212 Å². The van der Waals surface area contributed by atoms with Crippen molar-refractivity contribution < 1.29 is 42.2 Å². The van der Waals surface area contributed by atoms with Gasteiger partial charge in [-0.3, -0.25) is 19.4 Å². The standard InChI is InChI=1S/C23H30N6O4.C2HF3O2/c1-33-17-11-9-16(10-12-17)21(31)28-18(8-5-13-27-23(25)26)22(32)29-19(20(24)30)14-15-6-3-2-4-7-15;3-2(4,5)1(6)7/h2-4,6-7,9-12,18-19H,5,8,13-14H2,1H3,(H2,24,30)(H,28,31)(H,29,32)(H4,25,26,27);(H,6,7)/t18-,19-;/m0./s1. The molecule has 0 spiro atoms. The summed E-state index contributed by atoms with van der Waals surface area (Å²) in [6, 6.07) is 13.8. The summed E-state index contributed by atoms with van der Waals surface area (Å²) in [7, 11) is 1.52. The number of guanidine groups is 1. The van der Waals surface area contributed by atoms with Crippen LogP contribution < -0.4 is 32.6 Å². The van der Waals surface area contributed by atoms with Crippen LogP contribution >= 0.6 is 0 Å². The monoisotopic (exact) mass is 568 g/mol. The van der Waals surface area contributed by atoms with Crippen LogP contribution in [0.3, 0.4) is 0 Å². The van der Waals surface area contributed by atoms with E-state index < -0.39 is 42.0 Å². The molecule has 0 radical (unpaired) electrons. The lowest BCUT2D eigenvalue weighted by molar-refractivity contribution is -0.192. The quantitative estimate of drug-likeness (QED) is 0.121. The fourth-order valence-electron chi connectivity index (χ4n) is 3.10. The van der Waals surface area contributed by atoms with Gasteiger partial charge in [0, 0.05) is 18.5 Å². The highest BCUT2D eigenvalue weighted by Gasteiger charge is 2.38. The number of hydrogen-bond acceptors (Lipinski definition) is 6. The molecule has 2 aromatic carbocycles. The highest BCUT2D eigenvalue weighted by molar-refractivity contribution is 5.98. The molecule has 12 nitrogen and oxygen atoms in total. The van der Waals surface area contributed by atoms with E-state index in [0.29, 0.717) is 17.7 Å². The van der Waals surface area contributed by atoms with E-state index in [9.17, 15) is 27.6 Å². The molecule has 3 amide bonds. The third-order valence-electron chi connectivity index (χ3n) is 5.10. The normalized spacial score (nSPS) is 12.0. The smallest absolute Gasteiger partial charge is 0.490 e. The average molecular weight is 569 g/mol. The number of aliphatic imine (C=N–C) groups is 1. The fraction of sp³-hybridized carbons (Fsp3) is 0.320. The minimum Gasteiger partial charge on any atom is -0.497 e. The van der Waals surface area contributed by atoms with Crippen LogP contribution in [0.4, 0.5) is 13.2 Å². The zero-order valence-corrected chi connectivity index (χ0v) is 21.5. The molecule has 0 saturated carbocycles. The SMILES string of the molecule is COc1ccc(C(=O)N[C@@H](CCCN=C(N)N)C(=O)N[C@@H](Cc2ccccc2)C(N)=O)cc1.O=C(O)C(F)(F)F. The number of halogens is 3. The number of carbonyl (C=O) groups excluding carboxylic acids is 3. The third-order valence-corrected chi connectivity index (χ3v) is 5.10. The number of nitrogens with two attached hydrogens (primary N) is 3. The van der Waals surface area contributed by atoms with Crippen LogP contribution in [0.5, 0.6) is 5.75 Å². The minimum atomic E-state index is -5.08. The number of ether oxygens (including phenoxy) is 1. The average Bonchev–Trinajstić information content (AvgIpc) is 2.90. The molecule has 0 bridgehead atoms. The highest BCUT2D eigenvalue weighted by atomic mass is 19.4. The Bertz CT molecular complexity index is 1160. The van der Waals surface area contributed by atoms with Gasteiger partial charge in [-0.05, 0) is 42.7 Å². The number of nitrogens with zero attached hydrogens (tertiary/aromatic N) is 1. The van der Waals surface area contributed by atoms with Crippen LogP contribution in [0.25, 0.3) is 0 Å². The molecule has 0 heterocycles. The number of rotatable bonds is 12. The van der Waals surface area contributed by atoms with Crippen LogP contribution in [0, 0.1) is 0 Å². The molecule has 0 saturated heterocycles. The Labute approximate surface area is 227 Å². The predicted octanol–water partition coefficient (Wildman–Crippen LogP) is 0.693. The fourth-order valence-corrected chi connectivity index (χ4v) is 3.10. The number of carboxylic acids is 1. The van der Waals surface area contributed by atoms with Crippen molar-refractivity contribution >= 4 is 29.7 Å². The van der Waals surface area contributed by atoms with E-state index in [2.05, 4.69) is 15.6 Å². The first-order chi connectivity index (χ1) is 18.7. The Morgan fingerprint density at radius 2 is 1.52 bits per heavy atom. The highest BCUT2D eigenvalue weighted by Crippen LogP contribution is 2.13. The Morgan fingerprint density at radius 3 is 2.00 bits per heavy atom. The number of nitrogens with one attached hydrogen (secondary N) is 2. The van der Waals surface area contributed by atoms with Gasteiger partial charge < -0.3 is 37.7 Å². The third kappa shape index (κ3) is 12.6. The maximum Gasteiger partial charge on any atom is 0.490 e. The molecular formula is C25H31F3N6O6. The largest absolute Gasteiger partial charge is 0.497 e. The molecule has 0 aliphatic heterocycles. The number of primary amides is 1. The van der Waals surface area contributed by atoms with Crippen molar-refractivity contribution in [2.75, 3.05) is 13.7 Å². The Kier molecular flexibility index (Phi) is 13.5. The molecule has 15 heteroatoms. The van der Waals surface area contributed by atoms with E-state index in [1.807, 2.05) is 30.3 Å². The molecule has 9 N–H and O–H groups in total. The molecule has 0 fully saturated rings. The van der Waals surface area contributed by atoms with Crippen LogP contribution in [-0.4, -0.2) is 66.7 Å². The maximum absolute atomic E-state index is 13.0. The van der Waals surface area contributed by atoms with E-state index in [0.717, 1.165) is 5.56 Å². The zero-order valence-electron chi connectivity index (χ0n) is 21.5. The summed E-state index contributed by atoms with van der Waals surface area (Å²) >= 11 is 0. The van der Waals surface area contributed by atoms with Crippen molar-refractivity contribution in [3.05, 3.63) is 65.7 Å². The number of amides is 3. The first-order valence-corrected chi connectivity index (χ1v) is 11.7. The van der Waals surface area contributed by atoms with Crippen LogP contribution in [0.2, 0.25) is 0 Å². The number of alkyl halides is 3. The number of methoxy groups -OCH3 is 1. The second-order valence-corrected chi connectivity index (χ2v) is 8.16.